The normalized spacial score (nSPS) is 17.2. The van der Waals surface area contributed by atoms with E-state index >= 15 is 0 Å². The summed E-state index contributed by atoms with van der Waals surface area (Å²) in [4.78, 5) is 19.8. The Labute approximate surface area is 149 Å². The maximum absolute atomic E-state index is 12.4. The number of carbonyl (C=O) groups excluding carboxylic acids is 1. The third kappa shape index (κ3) is 3.28. The van der Waals surface area contributed by atoms with Crippen molar-refractivity contribution >= 4 is 22.9 Å². The fourth-order valence-electron chi connectivity index (χ4n) is 2.96. The number of anilines is 1. The third-order valence-electron chi connectivity index (χ3n) is 4.26. The van der Waals surface area contributed by atoms with Crippen molar-refractivity contribution in [2.75, 3.05) is 18.6 Å². The van der Waals surface area contributed by atoms with E-state index in [4.69, 9.17) is 9.26 Å². The summed E-state index contributed by atoms with van der Waals surface area (Å²) in [6.45, 7) is 0.559. The van der Waals surface area contributed by atoms with Crippen molar-refractivity contribution in [2.45, 2.75) is 18.8 Å². The van der Waals surface area contributed by atoms with E-state index in [0.29, 0.717) is 31.1 Å². The molecular formula is C18H17N3O3S. The molecule has 1 saturated heterocycles. The average Bonchev–Trinajstić information content (AvgIpc) is 3.37. The van der Waals surface area contributed by atoms with Crippen molar-refractivity contribution in [1.82, 2.24) is 10.1 Å². The monoisotopic (exact) mass is 355 g/mol. The van der Waals surface area contributed by atoms with E-state index in [-0.39, 0.29) is 11.8 Å². The first-order chi connectivity index (χ1) is 12.2. The van der Waals surface area contributed by atoms with Crippen LogP contribution in [0.4, 0.5) is 5.69 Å². The van der Waals surface area contributed by atoms with E-state index in [1.807, 2.05) is 41.8 Å². The lowest BCUT2D eigenvalue weighted by Crippen LogP contribution is -2.24. The topological polar surface area (TPSA) is 68.5 Å². The molecule has 0 radical (unpaired) electrons. The molecule has 3 aromatic rings. The van der Waals surface area contributed by atoms with E-state index in [1.54, 1.807) is 23.3 Å². The van der Waals surface area contributed by atoms with Crippen molar-refractivity contribution in [3.8, 4) is 5.75 Å². The molecule has 1 aromatic carbocycles. The molecule has 4 rings (SSSR count). The number of methoxy groups -OCH3 is 1. The van der Waals surface area contributed by atoms with E-state index in [2.05, 4.69) is 10.1 Å². The molecule has 0 saturated carbocycles. The van der Waals surface area contributed by atoms with Gasteiger partial charge in [0, 0.05) is 29.4 Å². The molecular weight excluding hydrogens is 338 g/mol. The fourth-order valence-corrected chi connectivity index (χ4v) is 3.66. The predicted molar refractivity (Wildman–Crippen MR) is 94.1 cm³/mol. The van der Waals surface area contributed by atoms with E-state index in [0.717, 1.165) is 11.4 Å². The summed E-state index contributed by atoms with van der Waals surface area (Å²) in [5, 5.41) is 6.11. The highest BCUT2D eigenvalue weighted by atomic mass is 32.1. The Morgan fingerprint density at radius 3 is 2.88 bits per heavy atom. The first-order valence-electron chi connectivity index (χ1n) is 8.02. The van der Waals surface area contributed by atoms with Crippen LogP contribution in [0, 0.1) is 0 Å². The van der Waals surface area contributed by atoms with Gasteiger partial charge in [-0.25, -0.2) is 0 Å². The maximum Gasteiger partial charge on any atom is 0.231 e. The highest BCUT2D eigenvalue weighted by Crippen LogP contribution is 2.31. The number of carbonyl (C=O) groups is 1. The van der Waals surface area contributed by atoms with Crippen LogP contribution in [0.25, 0.3) is 0 Å². The second kappa shape index (κ2) is 6.68. The first-order valence-corrected chi connectivity index (χ1v) is 8.90. The zero-order valence-electron chi connectivity index (χ0n) is 13.7. The van der Waals surface area contributed by atoms with Crippen LogP contribution >= 0.6 is 11.3 Å². The Bertz CT molecular complexity index is 858. The summed E-state index contributed by atoms with van der Waals surface area (Å²) in [6, 6.07) is 11.5. The highest BCUT2D eigenvalue weighted by Gasteiger charge is 2.34. The Hall–Kier alpha value is -2.67. The van der Waals surface area contributed by atoms with Crippen LogP contribution in [0.2, 0.25) is 0 Å². The number of nitrogens with zero attached hydrogens (tertiary/aromatic N) is 3. The summed E-state index contributed by atoms with van der Waals surface area (Å²) in [6.07, 6.45) is 1.03. The van der Waals surface area contributed by atoms with Gasteiger partial charge in [0.25, 0.3) is 0 Å². The first kappa shape index (κ1) is 15.8. The molecule has 0 N–H and O–H groups in total. The van der Waals surface area contributed by atoms with Gasteiger partial charge in [-0.15, -0.1) is 11.3 Å². The van der Waals surface area contributed by atoms with Gasteiger partial charge in [-0.3, -0.25) is 4.79 Å². The number of amides is 1. The second-order valence-corrected chi connectivity index (χ2v) is 6.94. The maximum atomic E-state index is 12.4. The van der Waals surface area contributed by atoms with E-state index in [9.17, 15) is 4.79 Å². The fraction of sp³-hybridized carbons (Fsp3) is 0.278. The van der Waals surface area contributed by atoms with Crippen LogP contribution in [-0.4, -0.2) is 29.7 Å². The summed E-state index contributed by atoms with van der Waals surface area (Å²) < 4.78 is 10.5. The van der Waals surface area contributed by atoms with Crippen LogP contribution in [-0.2, 0) is 11.2 Å². The van der Waals surface area contributed by atoms with Gasteiger partial charge in [-0.2, -0.15) is 4.98 Å². The van der Waals surface area contributed by atoms with Crippen molar-refractivity contribution in [3.05, 3.63) is 58.4 Å². The molecule has 25 heavy (non-hydrogen) atoms. The van der Waals surface area contributed by atoms with E-state index in [1.165, 1.54) is 4.88 Å². The minimum absolute atomic E-state index is 0.0459. The molecule has 1 amide bonds. The second-order valence-electron chi connectivity index (χ2n) is 5.91. The molecule has 7 heteroatoms. The minimum atomic E-state index is -0.0459. The van der Waals surface area contributed by atoms with E-state index < -0.39 is 0 Å². The predicted octanol–water partition coefficient (Wildman–Crippen LogP) is 3.25. The van der Waals surface area contributed by atoms with Crippen LogP contribution in [0.3, 0.4) is 0 Å². The van der Waals surface area contributed by atoms with Gasteiger partial charge >= 0.3 is 0 Å². The molecule has 2 aromatic heterocycles. The zero-order valence-corrected chi connectivity index (χ0v) is 14.5. The number of rotatable bonds is 5. The number of aromatic nitrogens is 2. The van der Waals surface area contributed by atoms with Gasteiger partial charge in [0.15, 0.2) is 5.82 Å². The van der Waals surface area contributed by atoms with Crippen LogP contribution in [0.5, 0.6) is 5.75 Å². The molecule has 0 bridgehead atoms. The minimum Gasteiger partial charge on any atom is -0.497 e. The van der Waals surface area contributed by atoms with Crippen molar-refractivity contribution < 1.29 is 14.1 Å². The quantitative estimate of drug-likeness (QED) is 0.703. The van der Waals surface area contributed by atoms with Crippen LogP contribution < -0.4 is 9.64 Å². The number of thiophene rings is 1. The van der Waals surface area contributed by atoms with Gasteiger partial charge in [-0.1, -0.05) is 11.2 Å². The Morgan fingerprint density at radius 2 is 2.16 bits per heavy atom. The smallest absolute Gasteiger partial charge is 0.231 e. The molecule has 1 aliphatic heterocycles. The summed E-state index contributed by atoms with van der Waals surface area (Å²) in [5.41, 5.74) is 0.857. The summed E-state index contributed by atoms with van der Waals surface area (Å²) in [7, 11) is 1.62. The Kier molecular flexibility index (Phi) is 4.23. The summed E-state index contributed by atoms with van der Waals surface area (Å²) in [5.74, 6) is 1.99. The van der Waals surface area contributed by atoms with Crippen molar-refractivity contribution in [3.63, 3.8) is 0 Å². The lowest BCUT2D eigenvalue weighted by Gasteiger charge is -2.16. The molecule has 6 nitrogen and oxygen atoms in total. The van der Waals surface area contributed by atoms with Gasteiger partial charge in [0.2, 0.25) is 11.8 Å². The average molecular weight is 355 g/mol. The third-order valence-corrected chi connectivity index (χ3v) is 5.14. The van der Waals surface area contributed by atoms with Crippen molar-refractivity contribution in [1.29, 1.82) is 0 Å². The molecule has 128 valence electrons. The Balaban J connectivity index is 1.47. The molecule has 0 spiro atoms. The molecule has 3 heterocycles. The largest absolute Gasteiger partial charge is 0.497 e. The number of ether oxygens (including phenoxy) is 1. The van der Waals surface area contributed by atoms with Gasteiger partial charge < -0.3 is 14.2 Å². The zero-order chi connectivity index (χ0) is 17.2. The van der Waals surface area contributed by atoms with Crippen LogP contribution in [0.15, 0.2) is 46.3 Å². The number of hydrogen-bond acceptors (Lipinski definition) is 6. The number of benzene rings is 1. The van der Waals surface area contributed by atoms with Gasteiger partial charge in [-0.05, 0) is 35.7 Å². The number of hydrogen-bond donors (Lipinski definition) is 0. The molecule has 0 aliphatic carbocycles. The van der Waals surface area contributed by atoms with Gasteiger partial charge in [0.1, 0.15) is 5.75 Å². The van der Waals surface area contributed by atoms with Gasteiger partial charge in [0.05, 0.1) is 13.5 Å². The molecule has 1 atom stereocenters. The standard InChI is InChI=1S/C18H17N3O3S/c1-23-14-6-4-13(5-7-14)21-11-12(9-17(21)22)18-19-16(24-20-18)10-15-3-2-8-25-15/h2-8,12H,9-11H2,1H3. The lowest BCUT2D eigenvalue weighted by molar-refractivity contribution is -0.117. The summed E-state index contributed by atoms with van der Waals surface area (Å²) >= 11 is 1.66. The highest BCUT2D eigenvalue weighted by molar-refractivity contribution is 7.09. The molecule has 1 fully saturated rings. The Morgan fingerprint density at radius 1 is 1.32 bits per heavy atom. The van der Waals surface area contributed by atoms with Crippen LogP contribution in [0.1, 0.15) is 28.9 Å². The van der Waals surface area contributed by atoms with Crippen molar-refractivity contribution in [2.24, 2.45) is 0 Å². The SMILES string of the molecule is COc1ccc(N2CC(c3noc(Cc4cccs4)n3)CC2=O)cc1. The molecule has 1 unspecified atom stereocenters. The molecule has 1 aliphatic rings. The lowest BCUT2D eigenvalue weighted by atomic mass is 10.1.